The number of halogens is 1. The van der Waals surface area contributed by atoms with Crippen molar-refractivity contribution in [2.45, 2.75) is 39.3 Å². The predicted molar refractivity (Wildman–Crippen MR) is 143 cm³/mol. The highest BCUT2D eigenvalue weighted by Crippen LogP contribution is 2.27. The van der Waals surface area contributed by atoms with Crippen molar-refractivity contribution in [1.29, 1.82) is 0 Å². The number of ether oxygens (including phenoxy) is 1. The van der Waals surface area contributed by atoms with Crippen LogP contribution >= 0.6 is 12.2 Å². The zero-order valence-corrected chi connectivity index (χ0v) is 21.3. The molecule has 4 aromatic rings. The van der Waals surface area contributed by atoms with Crippen molar-refractivity contribution in [2.75, 3.05) is 5.32 Å². The van der Waals surface area contributed by atoms with Crippen molar-refractivity contribution in [1.82, 2.24) is 9.13 Å². The summed E-state index contributed by atoms with van der Waals surface area (Å²) in [7, 11) is 0. The van der Waals surface area contributed by atoms with Crippen LogP contribution in [0.2, 0.25) is 0 Å². The topological polar surface area (TPSA) is 88.7 Å². The first-order valence-electron chi connectivity index (χ1n) is 11.8. The molecule has 4 rings (SSSR count). The molecular weight excluding hydrogens is 493 g/mol. The quantitative estimate of drug-likeness (QED) is 0.243. The van der Waals surface area contributed by atoms with E-state index in [1.54, 1.807) is 53.1 Å². The molecule has 1 amide bonds. The zero-order chi connectivity index (χ0) is 26.5. The number of carbonyl (C=O) groups is 1. The lowest BCUT2D eigenvalue weighted by atomic mass is 10.1. The van der Waals surface area contributed by atoms with E-state index >= 15 is 0 Å². The lowest BCUT2D eigenvalue weighted by molar-refractivity contribution is -0.115. The highest BCUT2D eigenvalue weighted by molar-refractivity contribution is 7.71. The number of phenolic OH excluding ortho intramolecular Hbond substituents is 1. The molecule has 3 N–H and O–H groups in total. The third-order valence-electron chi connectivity index (χ3n) is 5.70. The van der Waals surface area contributed by atoms with E-state index in [0.29, 0.717) is 35.8 Å². The Morgan fingerprint density at radius 2 is 1.65 bits per heavy atom. The summed E-state index contributed by atoms with van der Waals surface area (Å²) in [6.07, 6.45) is 0.454. The second-order valence-corrected chi connectivity index (χ2v) is 9.21. The number of hydrogen-bond acceptors (Lipinski definition) is 5. The lowest BCUT2D eigenvalue weighted by Crippen LogP contribution is -2.17. The number of carbonyl (C=O) groups excluding carboxylic acids is 1. The van der Waals surface area contributed by atoms with Crippen LogP contribution in [0.25, 0.3) is 5.69 Å². The van der Waals surface area contributed by atoms with Gasteiger partial charge in [-0.3, -0.25) is 9.36 Å². The highest BCUT2D eigenvalue weighted by atomic mass is 32.1. The smallest absolute Gasteiger partial charge is 0.230 e. The van der Waals surface area contributed by atoms with Gasteiger partial charge in [-0.15, -0.1) is 0 Å². The van der Waals surface area contributed by atoms with Crippen LogP contribution in [0.3, 0.4) is 0 Å². The van der Waals surface area contributed by atoms with E-state index in [0.717, 1.165) is 5.56 Å². The van der Waals surface area contributed by atoms with Crippen LogP contribution in [0.15, 0.2) is 72.8 Å². The molecule has 0 saturated carbocycles. The maximum absolute atomic E-state index is 13.5. The summed E-state index contributed by atoms with van der Waals surface area (Å²) in [6, 6.07) is 19.4. The number of benzene rings is 3. The number of nitrogens with zero attached hydrogens (tertiary/aromatic N) is 2. The Balaban J connectivity index is 1.61. The van der Waals surface area contributed by atoms with E-state index in [-0.39, 0.29) is 34.8 Å². The van der Waals surface area contributed by atoms with E-state index < -0.39 is 5.82 Å². The van der Waals surface area contributed by atoms with Crippen LogP contribution in [0.5, 0.6) is 17.4 Å². The molecule has 0 spiro atoms. The molecule has 9 heteroatoms. The summed E-state index contributed by atoms with van der Waals surface area (Å²) in [5.41, 5.74) is 2.36. The van der Waals surface area contributed by atoms with E-state index in [2.05, 4.69) is 5.32 Å². The molecule has 0 aliphatic heterocycles. The fourth-order valence-electron chi connectivity index (χ4n) is 3.95. The molecule has 1 aromatic heterocycles. The molecule has 37 heavy (non-hydrogen) atoms. The van der Waals surface area contributed by atoms with Crippen molar-refractivity contribution >= 4 is 23.8 Å². The molecule has 0 saturated heterocycles. The average molecular weight is 522 g/mol. The summed E-state index contributed by atoms with van der Waals surface area (Å²) in [4.78, 5) is 13.0. The first-order valence-corrected chi connectivity index (χ1v) is 12.3. The van der Waals surface area contributed by atoms with E-state index in [9.17, 15) is 19.4 Å². The summed E-state index contributed by atoms with van der Waals surface area (Å²) in [6.45, 7) is 4.25. The molecular formula is C28H28FN3O4S. The third-order valence-corrected chi connectivity index (χ3v) is 6.10. The van der Waals surface area contributed by atoms with E-state index in [1.165, 1.54) is 28.8 Å². The van der Waals surface area contributed by atoms with Crippen molar-refractivity contribution in [3.05, 3.63) is 94.6 Å². The van der Waals surface area contributed by atoms with Gasteiger partial charge in [0.15, 0.2) is 4.77 Å². The second-order valence-electron chi connectivity index (χ2n) is 8.85. The molecule has 3 aromatic carbocycles. The van der Waals surface area contributed by atoms with Crippen molar-refractivity contribution in [3.63, 3.8) is 0 Å². The van der Waals surface area contributed by atoms with Crippen LogP contribution in [0.1, 0.15) is 25.1 Å². The van der Waals surface area contributed by atoms with Gasteiger partial charge < -0.3 is 24.8 Å². The van der Waals surface area contributed by atoms with Crippen LogP contribution in [-0.4, -0.2) is 31.4 Å². The van der Waals surface area contributed by atoms with Gasteiger partial charge in [0.1, 0.15) is 17.3 Å². The fraction of sp³-hybridized carbons (Fsp3) is 0.214. The van der Waals surface area contributed by atoms with E-state index in [4.69, 9.17) is 17.0 Å². The summed E-state index contributed by atoms with van der Waals surface area (Å²) in [5.74, 6) is -0.0620. The minimum absolute atomic E-state index is 0.0400. The summed E-state index contributed by atoms with van der Waals surface area (Å²) in [5, 5.41) is 23.5. The molecule has 192 valence electrons. The second kappa shape index (κ2) is 11.3. The molecule has 0 bridgehead atoms. The highest BCUT2D eigenvalue weighted by Gasteiger charge is 2.21. The number of aromatic hydroxyl groups is 2. The molecule has 0 aliphatic carbocycles. The number of nitrogens with one attached hydrogen (secondary N) is 1. The Morgan fingerprint density at radius 3 is 2.27 bits per heavy atom. The van der Waals surface area contributed by atoms with Crippen molar-refractivity contribution in [2.24, 2.45) is 0 Å². The summed E-state index contributed by atoms with van der Waals surface area (Å²) < 4.78 is 22.6. The standard InChI is InChI=1S/C28H28FN3O4S/c1-18(2)36-24-13-7-21(8-14-24)30-26(34)17-25-27(35)32(22-9-5-20(29)6-10-22)28(37)31(25)16-15-19-3-11-23(33)12-4-19/h3-14,18,33,35H,15-17H2,1-2H3,(H,30,34). The van der Waals surface area contributed by atoms with Crippen LogP contribution in [0, 0.1) is 10.6 Å². The largest absolute Gasteiger partial charge is 0.508 e. The summed E-state index contributed by atoms with van der Waals surface area (Å²) >= 11 is 5.67. The molecule has 0 fully saturated rings. The number of aromatic nitrogens is 2. The predicted octanol–water partition coefficient (Wildman–Crippen LogP) is 5.77. The number of hydrogen-bond donors (Lipinski definition) is 3. The molecule has 0 unspecified atom stereocenters. The Kier molecular flexibility index (Phi) is 7.93. The normalized spacial score (nSPS) is 11.0. The number of aryl methyl sites for hydroxylation is 1. The fourth-order valence-corrected chi connectivity index (χ4v) is 4.35. The SMILES string of the molecule is CC(C)Oc1ccc(NC(=O)Cc2c(O)n(-c3ccc(F)cc3)c(=S)n2CCc2ccc(O)cc2)cc1. The minimum atomic E-state index is -0.411. The number of imidazole rings is 1. The van der Waals surface area contributed by atoms with Crippen molar-refractivity contribution < 1.29 is 24.1 Å². The molecule has 0 aliphatic rings. The number of amides is 1. The van der Waals surface area contributed by atoms with Gasteiger partial charge in [0.2, 0.25) is 11.8 Å². The van der Waals surface area contributed by atoms with Crippen LogP contribution in [0.4, 0.5) is 10.1 Å². The number of anilines is 1. The van der Waals surface area contributed by atoms with Gasteiger partial charge in [-0.25, -0.2) is 4.39 Å². The van der Waals surface area contributed by atoms with Crippen LogP contribution in [-0.2, 0) is 24.2 Å². The Bertz CT molecular complexity index is 1430. The van der Waals surface area contributed by atoms with Gasteiger partial charge in [-0.05, 0) is 98.7 Å². The minimum Gasteiger partial charge on any atom is -0.508 e. The third kappa shape index (κ3) is 6.37. The van der Waals surface area contributed by atoms with Crippen LogP contribution < -0.4 is 10.1 Å². The van der Waals surface area contributed by atoms with E-state index in [1.807, 2.05) is 13.8 Å². The number of phenols is 1. The van der Waals surface area contributed by atoms with Gasteiger partial charge in [0.05, 0.1) is 23.9 Å². The molecule has 7 nitrogen and oxygen atoms in total. The van der Waals surface area contributed by atoms with Gasteiger partial charge in [-0.2, -0.15) is 0 Å². The first-order chi connectivity index (χ1) is 17.7. The van der Waals surface area contributed by atoms with Gasteiger partial charge in [0, 0.05) is 12.2 Å². The zero-order valence-electron chi connectivity index (χ0n) is 20.5. The number of rotatable bonds is 9. The lowest BCUT2D eigenvalue weighted by Gasteiger charge is -2.11. The van der Waals surface area contributed by atoms with Crippen molar-refractivity contribution in [3.8, 4) is 23.1 Å². The molecule has 1 heterocycles. The molecule has 0 atom stereocenters. The van der Waals surface area contributed by atoms with Gasteiger partial charge in [0.25, 0.3) is 0 Å². The average Bonchev–Trinajstić information content (AvgIpc) is 3.09. The maximum atomic E-state index is 13.5. The monoisotopic (exact) mass is 521 g/mol. The maximum Gasteiger partial charge on any atom is 0.230 e. The Labute approximate surface area is 219 Å². The van der Waals surface area contributed by atoms with Gasteiger partial charge in [-0.1, -0.05) is 12.1 Å². The molecule has 0 radical (unpaired) electrons. The Hall–Kier alpha value is -4.11. The Morgan fingerprint density at radius 1 is 1.00 bits per heavy atom. The first kappa shape index (κ1) is 26.0. The van der Waals surface area contributed by atoms with Gasteiger partial charge >= 0.3 is 0 Å².